The second kappa shape index (κ2) is 9.13. The van der Waals surface area contributed by atoms with E-state index in [0.29, 0.717) is 17.0 Å². The fraction of sp³-hybridized carbons (Fsp3) is 0.136. The normalized spacial score (nSPS) is 14.8. The minimum absolute atomic E-state index is 0.0701. The van der Waals surface area contributed by atoms with Gasteiger partial charge in [-0.3, -0.25) is 19.3 Å². The molecule has 146 valence electrons. The van der Waals surface area contributed by atoms with Crippen LogP contribution >= 0.6 is 11.8 Å². The van der Waals surface area contributed by atoms with Gasteiger partial charge >= 0.3 is 0 Å². The molecule has 3 amide bonds. The molecule has 2 aromatic carbocycles. The molecule has 6 nitrogen and oxygen atoms in total. The number of nitrogens with one attached hydrogen (secondary N) is 1. The molecule has 29 heavy (non-hydrogen) atoms. The van der Waals surface area contributed by atoms with Gasteiger partial charge in [0.1, 0.15) is 5.75 Å². The number of anilines is 1. The number of nitrogens with zero attached hydrogens (tertiary/aromatic N) is 1. The lowest BCUT2D eigenvalue weighted by Crippen LogP contribution is -2.28. The van der Waals surface area contributed by atoms with Crippen LogP contribution in [-0.4, -0.2) is 35.1 Å². The number of carbonyl (C=O) groups excluding carboxylic acids is 3. The Morgan fingerprint density at radius 2 is 1.93 bits per heavy atom. The van der Waals surface area contributed by atoms with Gasteiger partial charge in [-0.15, -0.1) is 6.42 Å². The Hall–Kier alpha value is -3.50. The molecule has 1 N–H and O–H groups in total. The number of rotatable bonds is 6. The number of amides is 3. The summed E-state index contributed by atoms with van der Waals surface area (Å²) < 4.78 is 5.63. The van der Waals surface area contributed by atoms with Gasteiger partial charge in [0.25, 0.3) is 17.1 Å². The van der Waals surface area contributed by atoms with Crippen molar-refractivity contribution in [2.45, 2.75) is 6.92 Å². The lowest BCUT2D eigenvalue weighted by molar-refractivity contribution is -0.122. The summed E-state index contributed by atoms with van der Waals surface area (Å²) in [6.07, 6.45) is 6.77. The second-order valence-corrected chi connectivity index (χ2v) is 7.21. The van der Waals surface area contributed by atoms with Gasteiger partial charge < -0.3 is 10.1 Å². The van der Waals surface area contributed by atoms with Gasteiger partial charge in [-0.05, 0) is 43.0 Å². The number of aryl methyl sites for hydroxylation is 1. The molecule has 0 aliphatic carbocycles. The fourth-order valence-electron chi connectivity index (χ4n) is 2.58. The van der Waals surface area contributed by atoms with E-state index in [1.165, 1.54) is 0 Å². The number of para-hydroxylation sites is 1. The number of benzene rings is 2. The van der Waals surface area contributed by atoms with E-state index < -0.39 is 11.1 Å². The topological polar surface area (TPSA) is 75.7 Å². The molecular weight excluding hydrogens is 388 g/mol. The molecule has 0 bridgehead atoms. The Morgan fingerprint density at radius 3 is 2.66 bits per heavy atom. The maximum atomic E-state index is 12.3. The Kier molecular flexibility index (Phi) is 6.37. The minimum Gasteiger partial charge on any atom is -0.483 e. The van der Waals surface area contributed by atoms with E-state index in [0.717, 1.165) is 22.2 Å². The van der Waals surface area contributed by atoms with Gasteiger partial charge in [-0.2, -0.15) is 0 Å². The summed E-state index contributed by atoms with van der Waals surface area (Å²) in [5.74, 6) is 1.98. The predicted molar refractivity (Wildman–Crippen MR) is 113 cm³/mol. The SMILES string of the molecule is C#CCN1C(=O)SC(=Cc2ccccc2OCC(=O)Nc2ccc(C)cc2)C1=O. The molecule has 0 atom stereocenters. The molecule has 1 saturated heterocycles. The van der Waals surface area contributed by atoms with Crippen molar-refractivity contribution in [1.29, 1.82) is 0 Å². The predicted octanol–water partition coefficient (Wildman–Crippen LogP) is 3.68. The maximum absolute atomic E-state index is 12.3. The molecule has 0 spiro atoms. The van der Waals surface area contributed by atoms with Crippen LogP contribution in [0.1, 0.15) is 11.1 Å². The van der Waals surface area contributed by atoms with Crippen LogP contribution in [-0.2, 0) is 9.59 Å². The first-order valence-corrected chi connectivity index (χ1v) is 9.57. The third-order valence-electron chi connectivity index (χ3n) is 4.02. The number of hydrogen-bond acceptors (Lipinski definition) is 5. The number of ether oxygens (including phenoxy) is 1. The van der Waals surface area contributed by atoms with E-state index in [1.54, 1.807) is 30.3 Å². The molecule has 0 aromatic heterocycles. The van der Waals surface area contributed by atoms with Crippen molar-refractivity contribution in [3.8, 4) is 18.1 Å². The van der Waals surface area contributed by atoms with Crippen molar-refractivity contribution in [3.05, 3.63) is 64.6 Å². The Morgan fingerprint density at radius 1 is 1.21 bits per heavy atom. The Bertz CT molecular complexity index is 1020. The average Bonchev–Trinajstić information content (AvgIpc) is 2.97. The summed E-state index contributed by atoms with van der Waals surface area (Å²) in [5, 5.41) is 2.35. The molecule has 0 saturated carbocycles. The summed E-state index contributed by atoms with van der Waals surface area (Å²) in [6.45, 7) is 1.70. The van der Waals surface area contributed by atoms with Gasteiger partial charge in [0, 0.05) is 11.3 Å². The molecule has 0 radical (unpaired) electrons. The van der Waals surface area contributed by atoms with Gasteiger partial charge in [0.2, 0.25) is 0 Å². The highest BCUT2D eigenvalue weighted by Gasteiger charge is 2.34. The first kappa shape index (κ1) is 20.2. The smallest absolute Gasteiger partial charge is 0.294 e. The summed E-state index contributed by atoms with van der Waals surface area (Å²) >= 11 is 0.821. The van der Waals surface area contributed by atoms with Gasteiger partial charge in [-0.1, -0.05) is 41.8 Å². The first-order chi connectivity index (χ1) is 14.0. The monoisotopic (exact) mass is 406 g/mol. The maximum Gasteiger partial charge on any atom is 0.294 e. The van der Waals surface area contributed by atoms with Crippen molar-refractivity contribution >= 4 is 40.6 Å². The molecule has 1 aliphatic rings. The van der Waals surface area contributed by atoms with Crippen LogP contribution in [0.25, 0.3) is 6.08 Å². The number of terminal acetylenes is 1. The highest BCUT2D eigenvalue weighted by atomic mass is 32.2. The van der Waals surface area contributed by atoms with Crippen molar-refractivity contribution in [2.24, 2.45) is 0 Å². The zero-order valence-corrected chi connectivity index (χ0v) is 16.5. The van der Waals surface area contributed by atoms with E-state index in [1.807, 2.05) is 31.2 Å². The van der Waals surface area contributed by atoms with Crippen LogP contribution < -0.4 is 10.1 Å². The highest BCUT2D eigenvalue weighted by molar-refractivity contribution is 8.18. The van der Waals surface area contributed by atoms with E-state index in [9.17, 15) is 14.4 Å². The van der Waals surface area contributed by atoms with E-state index in [2.05, 4.69) is 11.2 Å². The Labute approximate surface area is 172 Å². The zero-order chi connectivity index (χ0) is 20.8. The first-order valence-electron chi connectivity index (χ1n) is 8.75. The minimum atomic E-state index is -0.440. The largest absolute Gasteiger partial charge is 0.483 e. The third-order valence-corrected chi connectivity index (χ3v) is 4.93. The molecule has 0 unspecified atom stereocenters. The van der Waals surface area contributed by atoms with E-state index in [4.69, 9.17) is 11.2 Å². The number of imide groups is 1. The standard InChI is InChI=1S/C22H18N2O4S/c1-3-12-24-21(26)19(29-22(24)27)13-16-6-4-5-7-18(16)28-14-20(25)23-17-10-8-15(2)9-11-17/h1,4-11,13H,12,14H2,2H3,(H,23,25). The van der Waals surface area contributed by atoms with Gasteiger partial charge in [-0.25, -0.2) is 0 Å². The molecule has 1 heterocycles. The number of carbonyl (C=O) groups is 3. The molecular formula is C22H18N2O4S. The lowest BCUT2D eigenvalue weighted by atomic mass is 10.2. The van der Waals surface area contributed by atoms with Gasteiger partial charge in [0.15, 0.2) is 6.61 Å². The Balaban J connectivity index is 1.69. The molecule has 1 aliphatic heterocycles. The summed E-state index contributed by atoms with van der Waals surface area (Å²) in [7, 11) is 0. The quantitative estimate of drug-likeness (QED) is 0.585. The van der Waals surface area contributed by atoms with Crippen molar-refractivity contribution < 1.29 is 19.1 Å². The summed E-state index contributed by atoms with van der Waals surface area (Å²) in [4.78, 5) is 37.7. The zero-order valence-electron chi connectivity index (χ0n) is 15.7. The second-order valence-electron chi connectivity index (χ2n) is 6.21. The van der Waals surface area contributed by atoms with Crippen molar-refractivity contribution in [1.82, 2.24) is 4.90 Å². The molecule has 1 fully saturated rings. The molecule has 7 heteroatoms. The highest BCUT2D eigenvalue weighted by Crippen LogP contribution is 2.33. The summed E-state index contributed by atoms with van der Waals surface area (Å²) in [6, 6.07) is 14.4. The van der Waals surface area contributed by atoms with Crippen molar-refractivity contribution in [2.75, 3.05) is 18.5 Å². The van der Waals surface area contributed by atoms with Crippen LogP contribution in [0, 0.1) is 19.3 Å². The average molecular weight is 406 g/mol. The van der Waals surface area contributed by atoms with Crippen LogP contribution in [0.4, 0.5) is 10.5 Å². The molecule has 2 aromatic rings. The van der Waals surface area contributed by atoms with Gasteiger partial charge in [0.05, 0.1) is 11.4 Å². The van der Waals surface area contributed by atoms with Crippen LogP contribution in [0.5, 0.6) is 5.75 Å². The number of thioether (sulfide) groups is 1. The summed E-state index contributed by atoms with van der Waals surface area (Å²) in [5.41, 5.74) is 2.36. The van der Waals surface area contributed by atoms with E-state index >= 15 is 0 Å². The fourth-order valence-corrected chi connectivity index (χ4v) is 3.41. The molecule has 3 rings (SSSR count). The lowest BCUT2D eigenvalue weighted by Gasteiger charge is -2.10. The van der Waals surface area contributed by atoms with Crippen LogP contribution in [0.15, 0.2) is 53.4 Å². The van der Waals surface area contributed by atoms with E-state index in [-0.39, 0.29) is 24.0 Å². The van der Waals surface area contributed by atoms with Crippen molar-refractivity contribution in [3.63, 3.8) is 0 Å². The van der Waals surface area contributed by atoms with Crippen LogP contribution in [0.3, 0.4) is 0 Å². The third kappa shape index (κ3) is 5.06. The number of hydrogen-bond donors (Lipinski definition) is 1. The van der Waals surface area contributed by atoms with Crippen LogP contribution in [0.2, 0.25) is 0 Å².